The highest BCUT2D eigenvalue weighted by Gasteiger charge is 2.48. The molecule has 5 nitrogen and oxygen atoms in total. The van der Waals surface area contributed by atoms with Crippen molar-refractivity contribution >= 4 is 11.8 Å². The molecule has 2 aromatic carbocycles. The number of nitrogens with one attached hydrogen (secondary N) is 1. The summed E-state index contributed by atoms with van der Waals surface area (Å²) in [4.78, 5) is 27.6. The van der Waals surface area contributed by atoms with Crippen LogP contribution >= 0.6 is 0 Å². The van der Waals surface area contributed by atoms with E-state index in [2.05, 4.69) is 5.32 Å². The van der Waals surface area contributed by atoms with Gasteiger partial charge in [-0.25, -0.2) is 4.39 Å². The lowest BCUT2D eigenvalue weighted by Crippen LogP contribution is -2.55. The first kappa shape index (κ1) is 21.5. The van der Waals surface area contributed by atoms with E-state index in [0.717, 1.165) is 24.0 Å². The van der Waals surface area contributed by atoms with Crippen molar-refractivity contribution in [3.05, 3.63) is 71.5 Å². The largest absolute Gasteiger partial charge is 0.364 e. The van der Waals surface area contributed by atoms with Gasteiger partial charge >= 0.3 is 0 Å². The highest BCUT2D eigenvalue weighted by molar-refractivity contribution is 5.86. The maximum absolute atomic E-state index is 13.5. The molecule has 0 radical (unpaired) electrons. The first-order valence-corrected chi connectivity index (χ1v) is 10.8. The van der Waals surface area contributed by atoms with Gasteiger partial charge in [-0.15, -0.1) is 0 Å². The molecule has 2 aliphatic heterocycles. The lowest BCUT2D eigenvalue weighted by Gasteiger charge is -2.50. The number of hydrogen-bond acceptors (Lipinski definition) is 3. The van der Waals surface area contributed by atoms with E-state index in [1.165, 1.54) is 12.1 Å². The van der Waals surface area contributed by atoms with Gasteiger partial charge in [0.2, 0.25) is 5.91 Å². The van der Waals surface area contributed by atoms with E-state index in [1.807, 2.05) is 54.3 Å². The molecule has 2 heterocycles. The number of carbonyl (C=O) groups is 2. The molecule has 2 aromatic rings. The molecule has 2 atom stereocenters. The quantitative estimate of drug-likeness (QED) is 0.816. The molecule has 6 heteroatoms. The molecule has 2 amide bonds. The van der Waals surface area contributed by atoms with Crippen LogP contribution in [0.5, 0.6) is 0 Å². The molecule has 2 saturated heterocycles. The third-order valence-electron chi connectivity index (χ3n) is 7.21. The van der Waals surface area contributed by atoms with E-state index >= 15 is 0 Å². The summed E-state index contributed by atoms with van der Waals surface area (Å²) in [5.41, 5.74) is 0.579. The van der Waals surface area contributed by atoms with Gasteiger partial charge in [0.15, 0.2) is 5.60 Å². The predicted molar refractivity (Wildman–Crippen MR) is 116 cm³/mol. The van der Waals surface area contributed by atoms with Gasteiger partial charge in [0.25, 0.3) is 5.91 Å². The van der Waals surface area contributed by atoms with E-state index in [1.54, 1.807) is 7.11 Å². The number of ether oxygens (including phenoxy) is 1. The van der Waals surface area contributed by atoms with Crippen molar-refractivity contribution in [3.8, 4) is 0 Å². The van der Waals surface area contributed by atoms with Crippen LogP contribution in [0, 0.1) is 11.2 Å². The number of halogens is 1. The van der Waals surface area contributed by atoms with Gasteiger partial charge in [0.1, 0.15) is 5.82 Å². The summed E-state index contributed by atoms with van der Waals surface area (Å²) in [7, 11) is 1.56. The van der Waals surface area contributed by atoms with Gasteiger partial charge < -0.3 is 15.0 Å². The molecule has 1 spiro atoms. The molecule has 164 valence electrons. The Morgan fingerprint density at radius 1 is 1.13 bits per heavy atom. The van der Waals surface area contributed by atoms with Crippen LogP contribution in [0.4, 0.5) is 4.39 Å². The summed E-state index contributed by atoms with van der Waals surface area (Å²) in [6.07, 6.45) is 1.88. The minimum Gasteiger partial charge on any atom is -0.364 e. The van der Waals surface area contributed by atoms with Crippen molar-refractivity contribution in [2.24, 2.45) is 5.41 Å². The highest BCUT2D eigenvalue weighted by Crippen LogP contribution is 2.49. The van der Waals surface area contributed by atoms with E-state index in [9.17, 15) is 14.0 Å². The second kappa shape index (κ2) is 8.42. The minimum absolute atomic E-state index is 0.0455. The summed E-state index contributed by atoms with van der Waals surface area (Å²) in [5.74, 6) is -0.178. The van der Waals surface area contributed by atoms with Crippen LogP contribution in [-0.2, 0) is 19.9 Å². The number of benzene rings is 2. The molecule has 0 aliphatic carbocycles. The Kier molecular flexibility index (Phi) is 5.84. The van der Waals surface area contributed by atoms with Gasteiger partial charge in [-0.1, -0.05) is 42.5 Å². The van der Waals surface area contributed by atoms with Crippen molar-refractivity contribution in [1.29, 1.82) is 0 Å². The zero-order chi connectivity index (χ0) is 22.1. The monoisotopic (exact) mass is 424 g/mol. The summed E-state index contributed by atoms with van der Waals surface area (Å²) in [6, 6.07) is 16.1. The number of piperidine rings is 2. The van der Waals surface area contributed by atoms with Gasteiger partial charge in [0.05, 0.1) is 0 Å². The standard InChI is InChI=1S/C25H29FN2O3/c1-24(31-2,19-6-4-3-5-7-19)23(30)28-14-12-25(13-15-28)16-22(29)27-17-21(25)18-8-10-20(26)11-9-18/h3-11,21H,12-17H2,1-2H3,(H,27,29)/t21-,24+/m1/s1. The van der Waals surface area contributed by atoms with Crippen LogP contribution in [0.2, 0.25) is 0 Å². The second-order valence-electron chi connectivity index (χ2n) is 8.84. The zero-order valence-electron chi connectivity index (χ0n) is 18.1. The SMILES string of the molecule is CO[C@](C)(C(=O)N1CCC2(CC1)CC(=O)NC[C@@H]2c1ccc(F)cc1)c1ccccc1. The van der Waals surface area contributed by atoms with Gasteiger partial charge in [0, 0.05) is 39.1 Å². The van der Waals surface area contributed by atoms with Crippen LogP contribution in [0.15, 0.2) is 54.6 Å². The maximum Gasteiger partial charge on any atom is 0.259 e. The molecule has 1 N–H and O–H groups in total. The average Bonchev–Trinajstić information content (AvgIpc) is 2.80. The number of amides is 2. The second-order valence-corrected chi connectivity index (χ2v) is 8.84. The fourth-order valence-corrected chi connectivity index (χ4v) is 5.17. The molecule has 0 unspecified atom stereocenters. The summed E-state index contributed by atoms with van der Waals surface area (Å²) in [5, 5.41) is 2.97. The molecule has 0 aromatic heterocycles. The Morgan fingerprint density at radius 2 is 1.77 bits per heavy atom. The van der Waals surface area contributed by atoms with Crippen LogP contribution in [0.1, 0.15) is 43.2 Å². The van der Waals surface area contributed by atoms with Crippen LogP contribution in [0.3, 0.4) is 0 Å². The third-order valence-corrected chi connectivity index (χ3v) is 7.21. The first-order chi connectivity index (χ1) is 14.9. The lowest BCUT2D eigenvalue weighted by molar-refractivity contribution is -0.157. The predicted octanol–water partition coefficient (Wildman–Crippen LogP) is 3.60. The normalized spacial score (nSPS) is 22.6. The molecule has 0 bridgehead atoms. The summed E-state index contributed by atoms with van der Waals surface area (Å²) in [6.45, 7) is 3.48. The molecule has 2 fully saturated rings. The van der Waals surface area contributed by atoms with E-state index in [0.29, 0.717) is 26.1 Å². The molecule has 0 saturated carbocycles. The van der Waals surface area contributed by atoms with Crippen molar-refractivity contribution in [1.82, 2.24) is 10.2 Å². The van der Waals surface area contributed by atoms with Crippen molar-refractivity contribution < 1.29 is 18.7 Å². The van der Waals surface area contributed by atoms with Crippen LogP contribution in [0.25, 0.3) is 0 Å². The first-order valence-electron chi connectivity index (χ1n) is 10.8. The summed E-state index contributed by atoms with van der Waals surface area (Å²) >= 11 is 0. The lowest BCUT2D eigenvalue weighted by atomic mass is 9.62. The van der Waals surface area contributed by atoms with Gasteiger partial charge in [-0.05, 0) is 48.4 Å². The van der Waals surface area contributed by atoms with Crippen molar-refractivity contribution in [2.45, 2.75) is 37.7 Å². The topological polar surface area (TPSA) is 58.6 Å². The third kappa shape index (κ3) is 3.97. The number of nitrogens with zero attached hydrogens (tertiary/aromatic N) is 1. The van der Waals surface area contributed by atoms with E-state index < -0.39 is 5.60 Å². The Labute approximate surface area is 182 Å². The summed E-state index contributed by atoms with van der Waals surface area (Å²) < 4.78 is 19.2. The Balaban J connectivity index is 1.54. The van der Waals surface area contributed by atoms with Crippen LogP contribution in [-0.4, -0.2) is 43.5 Å². The number of rotatable bonds is 4. The minimum atomic E-state index is -1.05. The zero-order valence-corrected chi connectivity index (χ0v) is 18.1. The molecular formula is C25H29FN2O3. The van der Waals surface area contributed by atoms with Crippen molar-refractivity contribution in [2.75, 3.05) is 26.7 Å². The van der Waals surface area contributed by atoms with Gasteiger partial charge in [-0.3, -0.25) is 9.59 Å². The van der Waals surface area contributed by atoms with Crippen molar-refractivity contribution in [3.63, 3.8) is 0 Å². The molecule has 4 rings (SSSR count). The number of hydrogen-bond donors (Lipinski definition) is 1. The maximum atomic E-state index is 13.5. The smallest absolute Gasteiger partial charge is 0.259 e. The number of likely N-dealkylation sites (tertiary alicyclic amines) is 1. The average molecular weight is 425 g/mol. The van der Waals surface area contributed by atoms with Gasteiger partial charge in [-0.2, -0.15) is 0 Å². The van der Waals surface area contributed by atoms with E-state index in [-0.39, 0.29) is 29.0 Å². The molecule has 31 heavy (non-hydrogen) atoms. The Hall–Kier alpha value is -2.73. The molecule has 2 aliphatic rings. The number of methoxy groups -OCH3 is 1. The number of carbonyl (C=O) groups excluding carboxylic acids is 2. The van der Waals surface area contributed by atoms with E-state index in [4.69, 9.17) is 4.74 Å². The Morgan fingerprint density at radius 3 is 2.39 bits per heavy atom. The van der Waals surface area contributed by atoms with Crippen LogP contribution < -0.4 is 5.32 Å². The molecular weight excluding hydrogens is 395 g/mol. The fraction of sp³-hybridized carbons (Fsp3) is 0.440. The Bertz CT molecular complexity index is 939. The fourth-order valence-electron chi connectivity index (χ4n) is 5.17. The highest BCUT2D eigenvalue weighted by atomic mass is 19.1.